The number of hydrogen-bond donors (Lipinski definition) is 1. The molecule has 2 heterocycles. The number of nitrogens with one attached hydrogen (secondary N) is 1. The van der Waals surface area contributed by atoms with Gasteiger partial charge in [-0.25, -0.2) is 4.79 Å². The van der Waals surface area contributed by atoms with E-state index in [0.717, 1.165) is 49.7 Å². The molecule has 6 heteroatoms. The summed E-state index contributed by atoms with van der Waals surface area (Å²) in [7, 11) is 0. The number of anilines is 1. The van der Waals surface area contributed by atoms with Crippen molar-refractivity contribution in [2.45, 2.75) is 20.3 Å². The molecule has 2 aromatic carbocycles. The van der Waals surface area contributed by atoms with E-state index in [-0.39, 0.29) is 12.8 Å². The van der Waals surface area contributed by atoms with E-state index < -0.39 is 0 Å². The number of ether oxygens (including phenoxy) is 2. The predicted octanol–water partition coefficient (Wildman–Crippen LogP) is 3.11. The Balaban J connectivity index is 1.24. The second kappa shape index (κ2) is 8.00. The van der Waals surface area contributed by atoms with Crippen LogP contribution >= 0.6 is 0 Å². The highest BCUT2D eigenvalue weighted by Gasteiger charge is 2.22. The number of amides is 2. The largest absolute Gasteiger partial charge is 0.454 e. The summed E-state index contributed by atoms with van der Waals surface area (Å²) < 4.78 is 10.7. The molecule has 1 fully saturated rings. The van der Waals surface area contributed by atoms with Gasteiger partial charge in [0.25, 0.3) is 0 Å². The Morgan fingerprint density at radius 3 is 2.64 bits per heavy atom. The molecular weight excluding hydrogens is 354 g/mol. The van der Waals surface area contributed by atoms with Gasteiger partial charge in [-0.2, -0.15) is 0 Å². The number of benzene rings is 2. The molecule has 0 unspecified atom stereocenters. The molecule has 0 bridgehead atoms. The number of nitrogens with zero attached hydrogens (tertiary/aromatic N) is 2. The van der Waals surface area contributed by atoms with Crippen molar-refractivity contribution in [3.63, 3.8) is 0 Å². The summed E-state index contributed by atoms with van der Waals surface area (Å²) in [4.78, 5) is 16.8. The summed E-state index contributed by atoms with van der Waals surface area (Å²) in [6.07, 6.45) is 0.769. The third-order valence-corrected chi connectivity index (χ3v) is 5.61. The van der Waals surface area contributed by atoms with Crippen molar-refractivity contribution in [3.05, 3.63) is 53.1 Å². The zero-order valence-corrected chi connectivity index (χ0v) is 16.5. The zero-order chi connectivity index (χ0) is 19.5. The topological polar surface area (TPSA) is 54.0 Å². The lowest BCUT2D eigenvalue weighted by molar-refractivity contribution is 0.174. The van der Waals surface area contributed by atoms with Crippen molar-refractivity contribution in [3.8, 4) is 11.5 Å². The summed E-state index contributed by atoms with van der Waals surface area (Å²) >= 11 is 0. The van der Waals surface area contributed by atoms with Gasteiger partial charge in [-0.1, -0.05) is 18.2 Å². The molecule has 1 N–H and O–H groups in total. The van der Waals surface area contributed by atoms with Gasteiger partial charge in [0, 0.05) is 38.4 Å². The third kappa shape index (κ3) is 3.86. The van der Waals surface area contributed by atoms with Gasteiger partial charge < -0.3 is 24.6 Å². The van der Waals surface area contributed by atoms with Gasteiger partial charge in [-0.05, 0) is 55.2 Å². The number of piperazine rings is 1. The van der Waals surface area contributed by atoms with Crippen LogP contribution in [0.1, 0.15) is 16.7 Å². The number of urea groups is 1. The molecule has 2 aliphatic rings. The second-order valence-electron chi connectivity index (χ2n) is 7.36. The van der Waals surface area contributed by atoms with Gasteiger partial charge in [-0.15, -0.1) is 0 Å². The van der Waals surface area contributed by atoms with Gasteiger partial charge in [0.15, 0.2) is 11.5 Å². The highest BCUT2D eigenvalue weighted by Crippen LogP contribution is 2.32. The van der Waals surface area contributed by atoms with Crippen LogP contribution in [0.5, 0.6) is 11.5 Å². The monoisotopic (exact) mass is 381 g/mol. The Bertz CT molecular complexity index is 860. The number of aryl methyl sites for hydroxylation is 1. The molecule has 2 amide bonds. The Kier molecular flexibility index (Phi) is 5.28. The van der Waals surface area contributed by atoms with Crippen molar-refractivity contribution in [1.29, 1.82) is 0 Å². The molecule has 28 heavy (non-hydrogen) atoms. The summed E-state index contributed by atoms with van der Waals surface area (Å²) in [6.45, 7) is 8.40. The quantitative estimate of drug-likeness (QED) is 0.884. The van der Waals surface area contributed by atoms with Crippen LogP contribution in [0.2, 0.25) is 0 Å². The molecule has 148 valence electrons. The van der Waals surface area contributed by atoms with Gasteiger partial charge >= 0.3 is 6.03 Å². The Hall–Kier alpha value is -2.89. The highest BCUT2D eigenvalue weighted by molar-refractivity contribution is 5.74. The fourth-order valence-corrected chi connectivity index (χ4v) is 3.75. The zero-order valence-electron chi connectivity index (χ0n) is 16.5. The minimum Gasteiger partial charge on any atom is -0.454 e. The van der Waals surface area contributed by atoms with E-state index in [0.29, 0.717) is 6.54 Å². The number of rotatable bonds is 4. The minimum absolute atomic E-state index is 0.0151. The van der Waals surface area contributed by atoms with E-state index in [1.165, 1.54) is 16.8 Å². The van der Waals surface area contributed by atoms with Crippen molar-refractivity contribution in [2.75, 3.05) is 44.4 Å². The van der Waals surface area contributed by atoms with E-state index in [4.69, 9.17) is 9.47 Å². The lowest BCUT2D eigenvalue weighted by Gasteiger charge is -2.37. The minimum atomic E-state index is 0.0151. The fourth-order valence-electron chi connectivity index (χ4n) is 3.75. The normalized spacial score (nSPS) is 15.6. The molecule has 1 saturated heterocycles. The Labute approximate surface area is 166 Å². The van der Waals surface area contributed by atoms with Crippen LogP contribution in [0.25, 0.3) is 0 Å². The van der Waals surface area contributed by atoms with Crippen LogP contribution in [0, 0.1) is 13.8 Å². The van der Waals surface area contributed by atoms with E-state index >= 15 is 0 Å². The summed E-state index contributed by atoms with van der Waals surface area (Å²) in [5.74, 6) is 1.57. The standard InChI is InChI=1S/C22H27N3O3/c1-16-4-3-5-19(17(16)2)24-10-12-25(13-11-24)22(26)23-9-8-18-6-7-20-21(14-18)28-15-27-20/h3-7,14H,8-13,15H2,1-2H3,(H,23,26). The lowest BCUT2D eigenvalue weighted by atomic mass is 10.1. The molecule has 2 aliphatic heterocycles. The maximum Gasteiger partial charge on any atom is 0.317 e. The molecule has 0 saturated carbocycles. The van der Waals surface area contributed by atoms with Gasteiger partial charge in [0.05, 0.1) is 0 Å². The molecule has 0 atom stereocenters. The summed E-state index contributed by atoms with van der Waals surface area (Å²) in [5.41, 5.74) is 5.04. The first-order chi connectivity index (χ1) is 13.6. The van der Waals surface area contributed by atoms with Crippen LogP contribution in [-0.4, -0.2) is 50.4 Å². The molecule has 0 radical (unpaired) electrons. The van der Waals surface area contributed by atoms with Crippen LogP contribution in [0.3, 0.4) is 0 Å². The highest BCUT2D eigenvalue weighted by atomic mass is 16.7. The maximum absolute atomic E-state index is 12.5. The van der Waals surface area contributed by atoms with E-state index in [1.54, 1.807) is 0 Å². The fraction of sp³-hybridized carbons (Fsp3) is 0.409. The van der Waals surface area contributed by atoms with Crippen LogP contribution < -0.4 is 19.7 Å². The smallest absolute Gasteiger partial charge is 0.317 e. The van der Waals surface area contributed by atoms with Gasteiger partial charge in [0.2, 0.25) is 6.79 Å². The molecule has 2 aromatic rings. The number of carbonyl (C=O) groups is 1. The third-order valence-electron chi connectivity index (χ3n) is 5.61. The first-order valence-corrected chi connectivity index (χ1v) is 9.84. The molecule has 0 aliphatic carbocycles. The first-order valence-electron chi connectivity index (χ1n) is 9.84. The van der Waals surface area contributed by atoms with Crippen molar-refractivity contribution >= 4 is 11.7 Å². The van der Waals surface area contributed by atoms with Gasteiger partial charge in [-0.3, -0.25) is 0 Å². The molecular formula is C22H27N3O3. The van der Waals surface area contributed by atoms with E-state index in [2.05, 4.69) is 42.3 Å². The number of carbonyl (C=O) groups excluding carboxylic acids is 1. The van der Waals surface area contributed by atoms with Crippen molar-refractivity contribution in [2.24, 2.45) is 0 Å². The van der Waals surface area contributed by atoms with Crippen LogP contribution in [-0.2, 0) is 6.42 Å². The molecule has 4 rings (SSSR count). The molecule has 0 spiro atoms. The van der Waals surface area contributed by atoms with Gasteiger partial charge in [0.1, 0.15) is 0 Å². The summed E-state index contributed by atoms with van der Waals surface area (Å²) in [6, 6.07) is 12.4. The Morgan fingerprint density at radius 2 is 1.82 bits per heavy atom. The Morgan fingerprint density at radius 1 is 1.04 bits per heavy atom. The number of hydrogen-bond acceptors (Lipinski definition) is 4. The average molecular weight is 381 g/mol. The van der Waals surface area contributed by atoms with Crippen molar-refractivity contribution in [1.82, 2.24) is 10.2 Å². The molecule has 6 nitrogen and oxygen atoms in total. The average Bonchev–Trinajstić information content (AvgIpc) is 3.18. The molecule has 0 aromatic heterocycles. The van der Waals surface area contributed by atoms with Crippen LogP contribution in [0.15, 0.2) is 36.4 Å². The number of fused-ring (bicyclic) bond motifs is 1. The lowest BCUT2D eigenvalue weighted by Crippen LogP contribution is -2.52. The van der Waals surface area contributed by atoms with E-state index in [1.807, 2.05) is 23.1 Å². The SMILES string of the molecule is Cc1cccc(N2CCN(C(=O)NCCc3ccc4c(c3)OCO4)CC2)c1C. The second-order valence-corrected chi connectivity index (χ2v) is 7.36. The maximum atomic E-state index is 12.5. The summed E-state index contributed by atoms with van der Waals surface area (Å²) in [5, 5.41) is 3.04. The van der Waals surface area contributed by atoms with E-state index in [9.17, 15) is 4.79 Å². The predicted molar refractivity (Wildman–Crippen MR) is 109 cm³/mol. The van der Waals surface area contributed by atoms with Crippen LogP contribution in [0.4, 0.5) is 10.5 Å². The van der Waals surface area contributed by atoms with Crippen molar-refractivity contribution < 1.29 is 14.3 Å². The first kappa shape index (κ1) is 18.5.